The highest BCUT2D eigenvalue weighted by atomic mass is 19.2. The van der Waals surface area contributed by atoms with Crippen molar-refractivity contribution in [3.63, 3.8) is 0 Å². The summed E-state index contributed by atoms with van der Waals surface area (Å²) < 4.78 is 69.2. The fraction of sp³-hybridized carbons (Fsp3) is 0.273. The Kier molecular flexibility index (Phi) is 11.8. The molecule has 1 atom stereocenters. The van der Waals surface area contributed by atoms with Crippen molar-refractivity contribution in [2.45, 2.75) is 32.1 Å². The highest BCUT2D eigenvalue weighted by Gasteiger charge is 2.27. The molecule has 0 spiro atoms. The molecule has 4 aromatic rings. The minimum absolute atomic E-state index is 0.0579. The third-order valence-corrected chi connectivity index (χ3v) is 7.24. The van der Waals surface area contributed by atoms with Crippen LogP contribution in [-0.2, 0) is 27.5 Å². The van der Waals surface area contributed by atoms with Crippen LogP contribution in [0.4, 0.5) is 32.8 Å². The number of hydrogen-bond donors (Lipinski definition) is 2. The van der Waals surface area contributed by atoms with Gasteiger partial charge in [-0.2, -0.15) is 4.39 Å². The Hall–Kier alpha value is -6.20. The number of carbonyl (C=O) groups excluding carboxylic acids is 3. The molecule has 0 aliphatic carbocycles. The van der Waals surface area contributed by atoms with Crippen LogP contribution in [0, 0.1) is 23.3 Å². The van der Waals surface area contributed by atoms with E-state index in [4.69, 9.17) is 9.47 Å². The van der Waals surface area contributed by atoms with Gasteiger partial charge < -0.3 is 34.3 Å². The molecule has 2 aromatic carbocycles. The molecule has 14 nitrogen and oxygen atoms in total. The molecule has 18 heteroatoms. The minimum atomic E-state index is -1.68. The topological polar surface area (TPSA) is 165 Å². The number of amides is 3. The van der Waals surface area contributed by atoms with E-state index in [1.165, 1.54) is 49.5 Å². The standard InChI is InChI=1S/C33H32F4N6O8/c1-40(2)26(44)10-6-5-9-24(51-33(49)41(3)4)30(45)38-22-8-7-13-42(31(22)46)16-25-39-28-23(43(25)32(47)48)15-21(36)27(37)29(28)50-17-18-11-12-19(34)14-20(18)35/h6-8,10-15,24H,5,9,16-17H2,1-4H3,(H,38,45)(H,47,48). The van der Waals surface area contributed by atoms with Crippen molar-refractivity contribution in [2.75, 3.05) is 33.5 Å². The SMILES string of the molecule is CN(C)C(=O)C=CCCC(OC(=O)N(C)C)C(=O)Nc1cccn(Cc2nc3c(OCc4ccc(F)cc4F)c(F)c(F)cc3n2C(=O)O)c1=O. The summed E-state index contributed by atoms with van der Waals surface area (Å²) in [4.78, 5) is 69.6. The number of anilines is 1. The second kappa shape index (κ2) is 16.0. The van der Waals surface area contributed by atoms with E-state index >= 15 is 0 Å². The fourth-order valence-corrected chi connectivity index (χ4v) is 4.59. The summed E-state index contributed by atoms with van der Waals surface area (Å²) in [6, 6.07) is 5.65. The summed E-state index contributed by atoms with van der Waals surface area (Å²) in [5, 5.41) is 12.4. The molecule has 0 bridgehead atoms. The number of rotatable bonds is 12. The molecule has 51 heavy (non-hydrogen) atoms. The Balaban J connectivity index is 1.63. The van der Waals surface area contributed by atoms with Crippen LogP contribution >= 0.6 is 0 Å². The lowest BCUT2D eigenvalue weighted by Crippen LogP contribution is -2.37. The van der Waals surface area contributed by atoms with Crippen LogP contribution in [0.3, 0.4) is 0 Å². The Labute approximate surface area is 287 Å². The van der Waals surface area contributed by atoms with Crippen LogP contribution in [0.5, 0.6) is 5.75 Å². The fourth-order valence-electron chi connectivity index (χ4n) is 4.59. The van der Waals surface area contributed by atoms with Gasteiger partial charge in [0.05, 0.1) is 12.1 Å². The van der Waals surface area contributed by atoms with Crippen molar-refractivity contribution in [1.29, 1.82) is 0 Å². The lowest BCUT2D eigenvalue weighted by Gasteiger charge is -2.19. The van der Waals surface area contributed by atoms with Gasteiger partial charge in [-0.1, -0.05) is 6.08 Å². The molecule has 0 saturated carbocycles. The zero-order valence-electron chi connectivity index (χ0n) is 27.7. The lowest BCUT2D eigenvalue weighted by molar-refractivity contribution is -0.125. The van der Waals surface area contributed by atoms with Gasteiger partial charge in [-0.25, -0.2) is 32.3 Å². The van der Waals surface area contributed by atoms with Crippen molar-refractivity contribution in [1.82, 2.24) is 23.9 Å². The van der Waals surface area contributed by atoms with Crippen molar-refractivity contribution in [3.8, 4) is 5.75 Å². The number of fused-ring (bicyclic) bond motifs is 1. The van der Waals surface area contributed by atoms with Crippen molar-refractivity contribution in [2.24, 2.45) is 0 Å². The lowest BCUT2D eigenvalue weighted by atomic mass is 10.1. The number of nitrogens with zero attached hydrogens (tertiary/aromatic N) is 5. The highest BCUT2D eigenvalue weighted by Crippen LogP contribution is 2.32. The predicted octanol–water partition coefficient (Wildman–Crippen LogP) is 4.34. The first-order chi connectivity index (χ1) is 24.1. The van der Waals surface area contributed by atoms with Crippen LogP contribution in [0.2, 0.25) is 0 Å². The summed E-state index contributed by atoms with van der Waals surface area (Å²) in [6.07, 6.45) is 0.174. The van der Waals surface area contributed by atoms with Crippen LogP contribution in [-0.4, -0.2) is 87.3 Å². The number of imidazole rings is 1. The van der Waals surface area contributed by atoms with E-state index in [1.807, 2.05) is 0 Å². The van der Waals surface area contributed by atoms with Gasteiger partial charge in [-0.05, 0) is 43.2 Å². The molecule has 2 heterocycles. The van der Waals surface area contributed by atoms with Gasteiger partial charge in [0.15, 0.2) is 17.7 Å². The van der Waals surface area contributed by atoms with E-state index in [2.05, 4.69) is 10.3 Å². The van der Waals surface area contributed by atoms with Crippen LogP contribution < -0.4 is 15.6 Å². The number of allylic oxidation sites excluding steroid dienone is 1. The van der Waals surface area contributed by atoms with Gasteiger partial charge in [0.1, 0.15) is 35.3 Å². The average molecular weight is 717 g/mol. The van der Waals surface area contributed by atoms with Crippen molar-refractivity contribution < 1.29 is 51.3 Å². The maximum absolute atomic E-state index is 15.0. The first-order valence-corrected chi connectivity index (χ1v) is 15.0. The van der Waals surface area contributed by atoms with E-state index < -0.39 is 88.8 Å². The average Bonchev–Trinajstić information content (AvgIpc) is 3.42. The van der Waals surface area contributed by atoms with Crippen molar-refractivity contribution >= 4 is 40.7 Å². The molecule has 4 rings (SSSR count). The number of hydrogen-bond acceptors (Lipinski definition) is 8. The molecule has 0 saturated heterocycles. The largest absolute Gasteiger partial charge is 0.483 e. The van der Waals surface area contributed by atoms with Gasteiger partial charge in [-0.15, -0.1) is 0 Å². The maximum atomic E-state index is 15.0. The number of carboxylic acid groups (broad SMARTS) is 1. The third kappa shape index (κ3) is 8.89. The first-order valence-electron chi connectivity index (χ1n) is 15.0. The number of pyridine rings is 1. The van der Waals surface area contributed by atoms with E-state index in [-0.39, 0.29) is 30.0 Å². The summed E-state index contributed by atoms with van der Waals surface area (Å²) in [7, 11) is 5.91. The summed E-state index contributed by atoms with van der Waals surface area (Å²) in [5.41, 5.74) is -2.31. The second-order valence-electron chi connectivity index (χ2n) is 11.4. The quantitative estimate of drug-likeness (QED) is 0.160. The van der Waals surface area contributed by atoms with Gasteiger partial charge >= 0.3 is 12.2 Å². The van der Waals surface area contributed by atoms with Crippen LogP contribution in [0.15, 0.2) is 59.5 Å². The second-order valence-corrected chi connectivity index (χ2v) is 11.4. The zero-order chi connectivity index (χ0) is 37.6. The van der Waals surface area contributed by atoms with Gasteiger partial charge in [0.2, 0.25) is 11.7 Å². The first kappa shape index (κ1) is 37.6. The van der Waals surface area contributed by atoms with Gasteiger partial charge in [0.25, 0.3) is 11.5 Å². The molecule has 2 N–H and O–H groups in total. The molecule has 270 valence electrons. The summed E-state index contributed by atoms with van der Waals surface area (Å²) in [5.74, 6) is -7.42. The highest BCUT2D eigenvalue weighted by molar-refractivity contribution is 5.95. The summed E-state index contributed by atoms with van der Waals surface area (Å²) in [6.45, 7) is -1.30. The Bertz CT molecular complexity index is 2080. The molecule has 0 aliphatic rings. The summed E-state index contributed by atoms with van der Waals surface area (Å²) >= 11 is 0. The third-order valence-electron chi connectivity index (χ3n) is 7.24. The molecule has 0 radical (unpaired) electrons. The predicted molar refractivity (Wildman–Crippen MR) is 173 cm³/mol. The zero-order valence-corrected chi connectivity index (χ0v) is 27.7. The Morgan fingerprint density at radius 3 is 2.39 bits per heavy atom. The molecule has 0 aliphatic heterocycles. The molecule has 3 amide bonds. The molecule has 1 unspecified atom stereocenters. The number of nitrogens with one attached hydrogen (secondary N) is 1. The molecular weight excluding hydrogens is 684 g/mol. The van der Waals surface area contributed by atoms with Gasteiger partial charge in [0, 0.05) is 52.1 Å². The van der Waals surface area contributed by atoms with E-state index in [0.717, 1.165) is 21.6 Å². The normalized spacial score (nSPS) is 11.8. The van der Waals surface area contributed by atoms with E-state index in [9.17, 15) is 46.6 Å². The number of benzene rings is 2. The number of halogens is 4. The van der Waals surface area contributed by atoms with Gasteiger partial charge in [-0.3, -0.25) is 14.4 Å². The Morgan fingerprint density at radius 2 is 1.75 bits per heavy atom. The molecular formula is C33H32F4N6O8. The number of likely N-dealkylation sites (N-methyl/N-ethyl adjacent to an activating group) is 1. The molecule has 2 aromatic heterocycles. The monoisotopic (exact) mass is 716 g/mol. The number of carbonyl (C=O) groups is 4. The maximum Gasteiger partial charge on any atom is 0.417 e. The molecule has 0 fully saturated rings. The van der Waals surface area contributed by atoms with E-state index in [1.54, 1.807) is 14.1 Å². The van der Waals surface area contributed by atoms with Crippen molar-refractivity contribution in [3.05, 3.63) is 99.8 Å². The van der Waals surface area contributed by atoms with Crippen LogP contribution in [0.1, 0.15) is 24.2 Å². The number of ether oxygens (including phenoxy) is 2. The van der Waals surface area contributed by atoms with Crippen LogP contribution in [0.25, 0.3) is 11.0 Å². The smallest absolute Gasteiger partial charge is 0.417 e. The number of aromatic nitrogens is 3. The van der Waals surface area contributed by atoms with E-state index in [0.29, 0.717) is 16.7 Å². The minimum Gasteiger partial charge on any atom is -0.483 e. The Morgan fingerprint density at radius 1 is 1.02 bits per heavy atom.